The minimum Gasteiger partial charge on any atom is -0.490 e. The molecule has 0 saturated heterocycles. The van der Waals surface area contributed by atoms with Gasteiger partial charge in [-0.1, -0.05) is 12.1 Å². The molecule has 3 aromatic rings. The predicted molar refractivity (Wildman–Crippen MR) is 111 cm³/mol. The minimum atomic E-state index is -4.40. The molecule has 0 aliphatic carbocycles. The van der Waals surface area contributed by atoms with Crippen LogP contribution >= 0.6 is 11.3 Å². The fraction of sp³-hybridized carbons (Fsp3) is 0.200. The van der Waals surface area contributed by atoms with Crippen molar-refractivity contribution in [1.82, 2.24) is 4.98 Å². The molecule has 10 heteroatoms. The summed E-state index contributed by atoms with van der Waals surface area (Å²) in [6, 6.07) is 10.2. The highest BCUT2D eigenvalue weighted by molar-refractivity contribution is 7.14. The molecule has 0 bridgehead atoms. The smallest absolute Gasteiger partial charge is 0.416 e. The first-order valence-electron chi connectivity index (χ1n) is 8.91. The van der Waals surface area contributed by atoms with E-state index in [0.717, 1.165) is 17.7 Å². The first kappa shape index (κ1) is 21.4. The molecule has 3 rings (SSSR count). The zero-order chi connectivity index (χ0) is 21.6. The van der Waals surface area contributed by atoms with Gasteiger partial charge in [-0.25, -0.2) is 4.98 Å². The van der Waals surface area contributed by atoms with E-state index < -0.39 is 11.7 Å². The molecule has 2 aromatic carbocycles. The van der Waals surface area contributed by atoms with E-state index in [1.807, 2.05) is 6.92 Å². The predicted octanol–water partition coefficient (Wildman–Crippen LogP) is 5.17. The van der Waals surface area contributed by atoms with Crippen LogP contribution < -0.4 is 20.6 Å². The van der Waals surface area contributed by atoms with Gasteiger partial charge >= 0.3 is 6.18 Å². The molecule has 0 spiro atoms. The summed E-state index contributed by atoms with van der Waals surface area (Å²) in [6.45, 7) is 2.20. The van der Waals surface area contributed by atoms with Crippen molar-refractivity contribution in [3.63, 3.8) is 0 Å². The molecular weight excluding hydrogens is 417 g/mol. The van der Waals surface area contributed by atoms with E-state index in [9.17, 15) is 13.2 Å². The maximum absolute atomic E-state index is 12.9. The number of aromatic nitrogens is 1. The number of nitrogen functional groups attached to an aromatic ring is 1. The zero-order valence-corrected chi connectivity index (χ0v) is 16.8. The number of alkyl halides is 3. The van der Waals surface area contributed by atoms with Gasteiger partial charge in [0.25, 0.3) is 0 Å². The van der Waals surface area contributed by atoms with Crippen LogP contribution in [0.2, 0.25) is 0 Å². The lowest BCUT2D eigenvalue weighted by molar-refractivity contribution is -0.137. The summed E-state index contributed by atoms with van der Waals surface area (Å²) in [7, 11) is 0. The third kappa shape index (κ3) is 5.86. The molecule has 158 valence electrons. The highest BCUT2D eigenvalue weighted by Gasteiger charge is 2.30. The number of halogens is 3. The molecule has 0 amide bonds. The van der Waals surface area contributed by atoms with Gasteiger partial charge in [0.05, 0.1) is 18.4 Å². The highest BCUT2D eigenvalue weighted by Crippen LogP contribution is 2.31. The van der Waals surface area contributed by atoms with E-state index in [-0.39, 0.29) is 6.61 Å². The fourth-order valence-corrected chi connectivity index (χ4v) is 3.04. The van der Waals surface area contributed by atoms with E-state index >= 15 is 0 Å². The van der Waals surface area contributed by atoms with Gasteiger partial charge in [-0.15, -0.1) is 11.3 Å². The molecule has 0 unspecified atom stereocenters. The number of hydrogen-bond acceptors (Lipinski definition) is 7. The summed E-state index contributed by atoms with van der Waals surface area (Å²) in [4.78, 5) is 4.03. The Hall–Kier alpha value is -3.27. The van der Waals surface area contributed by atoms with Crippen molar-refractivity contribution in [1.29, 1.82) is 0 Å². The van der Waals surface area contributed by atoms with Crippen molar-refractivity contribution in [3.05, 3.63) is 64.5 Å². The average Bonchev–Trinajstić information content (AvgIpc) is 3.12. The van der Waals surface area contributed by atoms with Gasteiger partial charge in [-0.05, 0) is 48.4 Å². The van der Waals surface area contributed by atoms with Crippen molar-refractivity contribution >= 4 is 28.5 Å². The summed E-state index contributed by atoms with van der Waals surface area (Å²) in [5.74, 6) is 1.30. The van der Waals surface area contributed by atoms with Crippen LogP contribution in [0.1, 0.15) is 23.6 Å². The Morgan fingerprint density at radius 3 is 2.70 bits per heavy atom. The molecule has 0 radical (unpaired) electrons. The van der Waals surface area contributed by atoms with Crippen LogP contribution in [0.3, 0.4) is 0 Å². The van der Waals surface area contributed by atoms with Crippen LogP contribution in [0.4, 0.5) is 24.1 Å². The Balaban J connectivity index is 1.69. The fourth-order valence-electron chi connectivity index (χ4n) is 2.49. The number of benzene rings is 2. The number of ether oxygens (including phenoxy) is 2. The minimum absolute atomic E-state index is 0.0234. The SMILES string of the molecule is CCOc1cc(C=NNc2nc(N)cs2)ccc1OCc1cccc(C(F)(F)F)c1. The number of nitrogens with zero attached hydrogens (tertiary/aromatic N) is 2. The van der Waals surface area contributed by atoms with E-state index in [1.165, 1.54) is 17.4 Å². The molecule has 1 heterocycles. The molecule has 0 saturated carbocycles. The number of rotatable bonds is 8. The van der Waals surface area contributed by atoms with Gasteiger partial charge < -0.3 is 15.2 Å². The quantitative estimate of drug-likeness (QED) is 0.376. The number of hydrazone groups is 1. The van der Waals surface area contributed by atoms with E-state index in [0.29, 0.717) is 34.6 Å². The van der Waals surface area contributed by atoms with Gasteiger partial charge in [0.2, 0.25) is 5.13 Å². The van der Waals surface area contributed by atoms with Crippen molar-refractivity contribution in [2.24, 2.45) is 5.10 Å². The van der Waals surface area contributed by atoms with Crippen LogP contribution in [-0.4, -0.2) is 17.8 Å². The van der Waals surface area contributed by atoms with Crippen molar-refractivity contribution in [2.45, 2.75) is 19.7 Å². The van der Waals surface area contributed by atoms with Crippen LogP contribution in [0.15, 0.2) is 52.9 Å². The summed E-state index contributed by atoms with van der Waals surface area (Å²) in [5, 5.41) is 6.36. The lowest BCUT2D eigenvalue weighted by Gasteiger charge is -2.13. The summed E-state index contributed by atoms with van der Waals surface area (Å²) >= 11 is 1.33. The van der Waals surface area contributed by atoms with Crippen molar-refractivity contribution < 1.29 is 22.6 Å². The molecule has 0 fully saturated rings. The Kier molecular flexibility index (Phi) is 6.78. The lowest BCUT2D eigenvalue weighted by atomic mass is 10.1. The zero-order valence-electron chi connectivity index (χ0n) is 15.9. The summed E-state index contributed by atoms with van der Waals surface area (Å²) in [6.07, 6.45) is -2.82. The van der Waals surface area contributed by atoms with Crippen LogP contribution in [-0.2, 0) is 12.8 Å². The Morgan fingerprint density at radius 1 is 1.17 bits per heavy atom. The summed E-state index contributed by atoms with van der Waals surface area (Å²) in [5.41, 5.74) is 8.76. The van der Waals surface area contributed by atoms with Gasteiger partial charge in [0, 0.05) is 5.38 Å². The maximum Gasteiger partial charge on any atom is 0.416 e. The van der Waals surface area contributed by atoms with E-state index in [2.05, 4.69) is 15.5 Å². The van der Waals surface area contributed by atoms with Crippen molar-refractivity contribution in [2.75, 3.05) is 17.8 Å². The van der Waals surface area contributed by atoms with Gasteiger partial charge in [0.15, 0.2) is 11.5 Å². The second-order valence-electron chi connectivity index (χ2n) is 6.07. The number of hydrogen-bond donors (Lipinski definition) is 2. The van der Waals surface area contributed by atoms with E-state index in [4.69, 9.17) is 15.2 Å². The van der Waals surface area contributed by atoms with Crippen LogP contribution in [0.5, 0.6) is 11.5 Å². The molecule has 6 nitrogen and oxygen atoms in total. The largest absolute Gasteiger partial charge is 0.490 e. The standard InChI is InChI=1S/C20H19F3N4O2S/c1-2-28-17-9-13(10-25-27-19-26-18(24)12-30-19)6-7-16(17)29-11-14-4-3-5-15(8-14)20(21,22)23/h3-10,12H,2,11,24H2,1H3,(H,26,27). The number of thiazole rings is 1. The Morgan fingerprint density at radius 2 is 2.00 bits per heavy atom. The Bertz CT molecular complexity index is 1020. The number of nitrogens with two attached hydrogens (primary N) is 1. The highest BCUT2D eigenvalue weighted by atomic mass is 32.1. The molecule has 3 N–H and O–H groups in total. The second kappa shape index (κ2) is 9.49. The Labute approximate surface area is 175 Å². The molecular formula is C20H19F3N4O2S. The number of anilines is 2. The molecule has 0 aliphatic heterocycles. The monoisotopic (exact) mass is 436 g/mol. The second-order valence-corrected chi connectivity index (χ2v) is 6.93. The summed E-state index contributed by atoms with van der Waals surface area (Å²) < 4.78 is 49.9. The number of nitrogens with one attached hydrogen (secondary N) is 1. The van der Waals surface area contributed by atoms with Crippen LogP contribution in [0, 0.1) is 0 Å². The molecule has 1 aromatic heterocycles. The van der Waals surface area contributed by atoms with Crippen LogP contribution in [0.25, 0.3) is 0 Å². The molecule has 0 aliphatic rings. The normalized spacial score (nSPS) is 11.6. The lowest BCUT2D eigenvalue weighted by Crippen LogP contribution is -2.06. The average molecular weight is 436 g/mol. The molecule has 0 atom stereocenters. The van der Waals surface area contributed by atoms with Crippen molar-refractivity contribution in [3.8, 4) is 11.5 Å². The topological polar surface area (TPSA) is 81.8 Å². The van der Waals surface area contributed by atoms with Gasteiger partial charge in [0.1, 0.15) is 12.4 Å². The maximum atomic E-state index is 12.9. The first-order valence-corrected chi connectivity index (χ1v) is 9.79. The molecule has 30 heavy (non-hydrogen) atoms. The third-order valence-electron chi connectivity index (χ3n) is 3.81. The van der Waals surface area contributed by atoms with Gasteiger partial charge in [-0.2, -0.15) is 18.3 Å². The van der Waals surface area contributed by atoms with Gasteiger partial charge in [-0.3, -0.25) is 5.43 Å². The first-order chi connectivity index (χ1) is 14.3. The van der Waals surface area contributed by atoms with E-state index in [1.54, 1.807) is 35.9 Å². The third-order valence-corrected chi connectivity index (χ3v) is 4.58.